The number of hydrogen-bond acceptors (Lipinski definition) is 8. The van der Waals surface area contributed by atoms with Crippen molar-refractivity contribution in [2.45, 2.75) is 30.5 Å². The first-order valence-electron chi connectivity index (χ1n) is 7.45. The molecule has 0 amide bonds. The van der Waals surface area contributed by atoms with E-state index >= 15 is 0 Å². The second-order valence-corrected chi connectivity index (χ2v) is 5.46. The van der Waals surface area contributed by atoms with E-state index < -0.39 is 37.1 Å². The molecule has 0 bridgehead atoms. The maximum absolute atomic E-state index is 10.2. The lowest BCUT2D eigenvalue weighted by Crippen LogP contribution is -2.55. The third-order valence-corrected chi connectivity index (χ3v) is 3.83. The molecule has 128 valence electrons. The molecule has 0 radical (unpaired) electrons. The molecule has 1 aromatic carbocycles. The Morgan fingerprint density at radius 3 is 2.46 bits per heavy atom. The third-order valence-electron chi connectivity index (χ3n) is 3.83. The second-order valence-electron chi connectivity index (χ2n) is 5.46. The van der Waals surface area contributed by atoms with Crippen LogP contribution in [0.2, 0.25) is 0 Å². The zero-order chi connectivity index (χ0) is 17.1. The maximum Gasteiger partial charge on any atom is 0.321 e. The van der Waals surface area contributed by atoms with Crippen LogP contribution in [0, 0.1) is 0 Å². The van der Waals surface area contributed by atoms with E-state index in [0.717, 1.165) is 0 Å². The van der Waals surface area contributed by atoms with Crippen molar-refractivity contribution in [3.63, 3.8) is 0 Å². The number of nitrogens with zero attached hydrogens (tertiary/aromatic N) is 2. The summed E-state index contributed by atoms with van der Waals surface area (Å²) in [6, 6.07) is 8.51. The SMILES string of the molecule is OCC1O[C@H](c2cccc(Oc3ncccn3)c2)C(O)C(O)[C@@H]1O. The second kappa shape index (κ2) is 7.20. The van der Waals surface area contributed by atoms with E-state index in [1.54, 1.807) is 42.7 Å². The van der Waals surface area contributed by atoms with Crippen molar-refractivity contribution in [1.82, 2.24) is 9.97 Å². The molecular formula is C16H18N2O6. The lowest BCUT2D eigenvalue weighted by atomic mass is 9.91. The molecule has 1 fully saturated rings. The molecule has 3 rings (SSSR count). The van der Waals surface area contributed by atoms with Crippen molar-refractivity contribution in [3.05, 3.63) is 48.3 Å². The van der Waals surface area contributed by atoms with E-state index in [2.05, 4.69) is 9.97 Å². The Morgan fingerprint density at radius 1 is 1.00 bits per heavy atom. The lowest BCUT2D eigenvalue weighted by Gasteiger charge is -2.40. The fraction of sp³-hybridized carbons (Fsp3) is 0.375. The summed E-state index contributed by atoms with van der Waals surface area (Å²) in [5.41, 5.74) is 0.528. The highest BCUT2D eigenvalue weighted by molar-refractivity contribution is 5.32. The normalized spacial score (nSPS) is 30.1. The number of benzene rings is 1. The molecule has 2 aromatic rings. The van der Waals surface area contributed by atoms with Crippen LogP contribution in [0.5, 0.6) is 11.8 Å². The first kappa shape index (κ1) is 16.7. The van der Waals surface area contributed by atoms with Gasteiger partial charge in [0.2, 0.25) is 0 Å². The van der Waals surface area contributed by atoms with Gasteiger partial charge in [0, 0.05) is 12.4 Å². The fourth-order valence-electron chi connectivity index (χ4n) is 2.58. The Bertz CT molecular complexity index is 669. The molecule has 1 saturated heterocycles. The van der Waals surface area contributed by atoms with Crippen LogP contribution in [0.15, 0.2) is 42.7 Å². The van der Waals surface area contributed by atoms with Crippen LogP contribution in [0.25, 0.3) is 0 Å². The van der Waals surface area contributed by atoms with Gasteiger partial charge in [0.15, 0.2) is 0 Å². The summed E-state index contributed by atoms with van der Waals surface area (Å²) in [4.78, 5) is 7.92. The molecule has 5 atom stereocenters. The van der Waals surface area contributed by atoms with Crippen LogP contribution in [0.1, 0.15) is 11.7 Å². The number of aliphatic hydroxyl groups is 4. The van der Waals surface area contributed by atoms with E-state index in [-0.39, 0.29) is 6.01 Å². The number of aromatic nitrogens is 2. The van der Waals surface area contributed by atoms with Gasteiger partial charge in [0.05, 0.1) is 6.61 Å². The molecular weight excluding hydrogens is 316 g/mol. The molecule has 8 heteroatoms. The highest BCUT2D eigenvalue weighted by Crippen LogP contribution is 2.34. The largest absolute Gasteiger partial charge is 0.424 e. The Kier molecular flexibility index (Phi) is 5.03. The summed E-state index contributed by atoms with van der Waals surface area (Å²) in [6.07, 6.45) is -2.95. The summed E-state index contributed by atoms with van der Waals surface area (Å²) in [5, 5.41) is 39.2. The standard InChI is InChI=1S/C16H18N2O6/c19-8-11-12(20)13(21)14(22)15(24-11)9-3-1-4-10(7-9)23-16-17-5-2-6-18-16/h1-7,11-15,19-22H,8H2/t11?,12-,13?,14?,15-/m1/s1. The fourth-order valence-corrected chi connectivity index (χ4v) is 2.58. The molecule has 1 aliphatic rings. The minimum Gasteiger partial charge on any atom is -0.424 e. The summed E-state index contributed by atoms with van der Waals surface area (Å²) in [5.74, 6) is 0.427. The molecule has 0 saturated carbocycles. The van der Waals surface area contributed by atoms with Crippen LogP contribution < -0.4 is 4.74 Å². The molecule has 3 unspecified atom stereocenters. The monoisotopic (exact) mass is 334 g/mol. The summed E-state index contributed by atoms with van der Waals surface area (Å²) in [7, 11) is 0. The van der Waals surface area contributed by atoms with Gasteiger partial charge in [-0.3, -0.25) is 0 Å². The molecule has 8 nitrogen and oxygen atoms in total. The minimum atomic E-state index is -1.43. The summed E-state index contributed by atoms with van der Waals surface area (Å²) in [6.45, 7) is -0.477. The van der Waals surface area contributed by atoms with Gasteiger partial charge in [-0.25, -0.2) is 9.97 Å². The van der Waals surface area contributed by atoms with Gasteiger partial charge in [-0.15, -0.1) is 0 Å². The van der Waals surface area contributed by atoms with Gasteiger partial charge < -0.3 is 29.9 Å². The molecule has 4 N–H and O–H groups in total. The van der Waals surface area contributed by atoms with E-state index in [4.69, 9.17) is 9.47 Å². The third kappa shape index (κ3) is 3.37. The van der Waals surface area contributed by atoms with Gasteiger partial charge >= 0.3 is 6.01 Å². The number of rotatable bonds is 4. The number of hydrogen-bond donors (Lipinski definition) is 4. The summed E-state index contributed by atoms with van der Waals surface area (Å²) >= 11 is 0. The smallest absolute Gasteiger partial charge is 0.321 e. The molecule has 2 heterocycles. The molecule has 1 aliphatic heterocycles. The quantitative estimate of drug-likeness (QED) is 0.605. The van der Waals surface area contributed by atoms with Gasteiger partial charge in [0.1, 0.15) is 36.3 Å². The Balaban J connectivity index is 1.82. The first-order valence-corrected chi connectivity index (χ1v) is 7.45. The van der Waals surface area contributed by atoms with Crippen LogP contribution >= 0.6 is 0 Å². The van der Waals surface area contributed by atoms with E-state index in [9.17, 15) is 20.4 Å². The van der Waals surface area contributed by atoms with Crippen LogP contribution in [0.3, 0.4) is 0 Å². The minimum absolute atomic E-state index is 0.170. The van der Waals surface area contributed by atoms with Gasteiger partial charge in [0.25, 0.3) is 0 Å². The average molecular weight is 334 g/mol. The Morgan fingerprint density at radius 2 is 1.75 bits per heavy atom. The van der Waals surface area contributed by atoms with Crippen molar-refractivity contribution >= 4 is 0 Å². The summed E-state index contributed by atoms with van der Waals surface area (Å²) < 4.78 is 11.1. The highest BCUT2D eigenvalue weighted by atomic mass is 16.5. The molecule has 1 aromatic heterocycles. The number of ether oxygens (including phenoxy) is 2. The predicted molar refractivity (Wildman–Crippen MR) is 81.3 cm³/mol. The van der Waals surface area contributed by atoms with Crippen molar-refractivity contribution in [3.8, 4) is 11.8 Å². The highest BCUT2D eigenvalue weighted by Gasteiger charge is 2.43. The first-order chi connectivity index (χ1) is 11.6. The topological polar surface area (TPSA) is 125 Å². The van der Waals surface area contributed by atoms with Gasteiger partial charge in [-0.1, -0.05) is 12.1 Å². The van der Waals surface area contributed by atoms with Gasteiger partial charge in [-0.05, 0) is 23.8 Å². The van der Waals surface area contributed by atoms with Crippen LogP contribution in [-0.2, 0) is 4.74 Å². The zero-order valence-electron chi connectivity index (χ0n) is 12.6. The van der Waals surface area contributed by atoms with Crippen molar-refractivity contribution in [1.29, 1.82) is 0 Å². The maximum atomic E-state index is 10.2. The molecule has 0 spiro atoms. The van der Waals surface area contributed by atoms with Gasteiger partial charge in [-0.2, -0.15) is 0 Å². The van der Waals surface area contributed by atoms with E-state index in [1.165, 1.54) is 0 Å². The van der Waals surface area contributed by atoms with E-state index in [0.29, 0.717) is 11.3 Å². The number of aliphatic hydroxyl groups excluding tert-OH is 4. The van der Waals surface area contributed by atoms with Crippen LogP contribution in [0.4, 0.5) is 0 Å². The van der Waals surface area contributed by atoms with E-state index in [1.807, 2.05) is 0 Å². The van der Waals surface area contributed by atoms with Crippen LogP contribution in [-0.4, -0.2) is 61.4 Å². The van der Waals surface area contributed by atoms with Crippen molar-refractivity contribution < 1.29 is 29.9 Å². The molecule has 24 heavy (non-hydrogen) atoms. The van der Waals surface area contributed by atoms with Crippen molar-refractivity contribution in [2.75, 3.05) is 6.61 Å². The average Bonchev–Trinajstić information content (AvgIpc) is 2.61. The van der Waals surface area contributed by atoms with Crippen molar-refractivity contribution in [2.24, 2.45) is 0 Å². The predicted octanol–water partition coefficient (Wildman–Crippen LogP) is -0.216. The Hall–Kier alpha value is -2.10. The lowest BCUT2D eigenvalue weighted by molar-refractivity contribution is -0.231. The Labute approximate surface area is 138 Å². The zero-order valence-corrected chi connectivity index (χ0v) is 12.6. The molecule has 0 aliphatic carbocycles.